The number of rotatable bonds is 6. The number of phenols is 1. The van der Waals surface area contributed by atoms with Crippen molar-refractivity contribution in [3.8, 4) is 17.2 Å². The van der Waals surface area contributed by atoms with E-state index in [1.54, 1.807) is 25.1 Å². The number of para-hydroxylation sites is 1. The van der Waals surface area contributed by atoms with Crippen molar-refractivity contribution in [1.29, 1.82) is 0 Å². The predicted octanol–water partition coefficient (Wildman–Crippen LogP) is 2.62. The molecule has 1 aromatic heterocycles. The van der Waals surface area contributed by atoms with E-state index in [0.717, 1.165) is 11.0 Å². The molecule has 0 bridgehead atoms. The van der Waals surface area contributed by atoms with Crippen LogP contribution in [0.4, 0.5) is 0 Å². The highest BCUT2D eigenvalue weighted by atomic mass is 16.6. The Labute approximate surface area is 144 Å². The molecule has 7 nitrogen and oxygen atoms in total. The van der Waals surface area contributed by atoms with Crippen molar-refractivity contribution >= 4 is 17.0 Å². The monoisotopic (exact) mass is 339 g/mol. The Bertz CT molecular complexity index is 900. The number of benzene rings is 2. The maximum atomic E-state index is 11.3. The summed E-state index contributed by atoms with van der Waals surface area (Å²) in [6.07, 6.45) is 0. The summed E-state index contributed by atoms with van der Waals surface area (Å²) in [5, 5.41) is 19.1. The maximum Gasteiger partial charge on any atom is 0.333 e. The van der Waals surface area contributed by atoms with Gasteiger partial charge in [0, 0.05) is 5.57 Å². The third-order valence-electron chi connectivity index (χ3n) is 3.40. The van der Waals surface area contributed by atoms with Crippen molar-refractivity contribution in [3.63, 3.8) is 0 Å². The average molecular weight is 339 g/mol. The molecule has 3 rings (SSSR count). The molecule has 1 heterocycles. The molecule has 25 heavy (non-hydrogen) atoms. The van der Waals surface area contributed by atoms with Crippen molar-refractivity contribution in [2.24, 2.45) is 0 Å². The Morgan fingerprint density at radius 2 is 1.80 bits per heavy atom. The molecular weight excluding hydrogens is 322 g/mol. The summed E-state index contributed by atoms with van der Waals surface area (Å²) in [5.74, 6) is -0.312. The van der Waals surface area contributed by atoms with Crippen LogP contribution in [-0.4, -0.2) is 39.3 Å². The number of ether oxygens (including phenoxy) is 2. The third kappa shape index (κ3) is 3.60. The van der Waals surface area contributed by atoms with Crippen LogP contribution in [0.15, 0.2) is 54.6 Å². The van der Waals surface area contributed by atoms with Crippen molar-refractivity contribution in [2.45, 2.75) is 6.92 Å². The van der Waals surface area contributed by atoms with Gasteiger partial charge >= 0.3 is 5.97 Å². The number of carbonyl (C=O) groups excluding carboxylic acids is 1. The number of fused-ring (bicyclic) bond motifs is 1. The second kappa shape index (κ2) is 7.04. The minimum Gasteiger partial charge on any atom is -0.503 e. The first-order valence-corrected chi connectivity index (χ1v) is 7.66. The molecule has 0 aliphatic rings. The van der Waals surface area contributed by atoms with Gasteiger partial charge in [0.05, 0.1) is 0 Å². The van der Waals surface area contributed by atoms with E-state index >= 15 is 0 Å². The summed E-state index contributed by atoms with van der Waals surface area (Å²) in [6.45, 7) is 5.22. The van der Waals surface area contributed by atoms with Crippen molar-refractivity contribution in [3.05, 3.63) is 54.6 Å². The number of aromatic hydroxyl groups is 1. The Kier molecular flexibility index (Phi) is 4.65. The smallest absolute Gasteiger partial charge is 0.333 e. The van der Waals surface area contributed by atoms with Gasteiger partial charge in [-0.3, -0.25) is 0 Å². The molecule has 0 spiro atoms. The molecule has 2 aromatic carbocycles. The number of esters is 1. The molecule has 0 amide bonds. The van der Waals surface area contributed by atoms with E-state index < -0.39 is 5.97 Å². The van der Waals surface area contributed by atoms with Gasteiger partial charge in [0.25, 0.3) is 0 Å². The van der Waals surface area contributed by atoms with E-state index in [0.29, 0.717) is 11.3 Å². The van der Waals surface area contributed by atoms with Gasteiger partial charge in [-0.25, -0.2) is 4.79 Å². The third-order valence-corrected chi connectivity index (χ3v) is 3.40. The molecule has 0 aliphatic heterocycles. The number of carbonyl (C=O) groups is 1. The minimum absolute atomic E-state index is 0.0548. The van der Waals surface area contributed by atoms with Gasteiger partial charge in [-0.05, 0) is 31.2 Å². The Hall–Kier alpha value is -3.35. The molecule has 0 saturated heterocycles. The highest BCUT2D eigenvalue weighted by molar-refractivity contribution is 5.86. The van der Waals surface area contributed by atoms with E-state index in [9.17, 15) is 9.90 Å². The first-order valence-electron chi connectivity index (χ1n) is 7.66. The molecule has 0 unspecified atom stereocenters. The summed E-state index contributed by atoms with van der Waals surface area (Å²) in [5.41, 5.74) is 2.16. The SMILES string of the molecule is C=C(C)C(=O)OCCOc1cccc(-n2nc3ccccc3n2)c1O. The van der Waals surface area contributed by atoms with Gasteiger partial charge in [-0.15, -0.1) is 15.0 Å². The lowest BCUT2D eigenvalue weighted by Crippen LogP contribution is -2.12. The van der Waals surface area contributed by atoms with Gasteiger partial charge in [-0.2, -0.15) is 0 Å². The van der Waals surface area contributed by atoms with E-state index in [1.807, 2.05) is 24.3 Å². The topological polar surface area (TPSA) is 86.5 Å². The fourth-order valence-electron chi connectivity index (χ4n) is 2.17. The molecule has 0 fully saturated rings. The van der Waals surface area contributed by atoms with Crippen LogP contribution >= 0.6 is 0 Å². The molecule has 128 valence electrons. The molecule has 3 aromatic rings. The Balaban J connectivity index is 1.73. The Morgan fingerprint density at radius 3 is 2.44 bits per heavy atom. The van der Waals surface area contributed by atoms with Gasteiger partial charge in [0.1, 0.15) is 29.9 Å². The summed E-state index contributed by atoms with van der Waals surface area (Å²) in [4.78, 5) is 12.7. The number of aromatic nitrogens is 3. The zero-order valence-corrected chi connectivity index (χ0v) is 13.7. The molecule has 0 radical (unpaired) electrons. The van der Waals surface area contributed by atoms with Gasteiger partial charge < -0.3 is 14.6 Å². The van der Waals surface area contributed by atoms with E-state index in [-0.39, 0.29) is 24.7 Å². The fraction of sp³-hybridized carbons (Fsp3) is 0.167. The quantitative estimate of drug-likeness (QED) is 0.422. The highest BCUT2D eigenvalue weighted by Gasteiger charge is 2.13. The van der Waals surface area contributed by atoms with Crippen LogP contribution in [0.5, 0.6) is 11.5 Å². The first kappa shape index (κ1) is 16.5. The first-order chi connectivity index (χ1) is 12.1. The zero-order valence-electron chi connectivity index (χ0n) is 13.7. The van der Waals surface area contributed by atoms with Crippen LogP contribution in [0.3, 0.4) is 0 Å². The Morgan fingerprint density at radius 1 is 1.12 bits per heavy atom. The molecule has 7 heteroatoms. The lowest BCUT2D eigenvalue weighted by atomic mass is 10.3. The second-order valence-corrected chi connectivity index (χ2v) is 5.37. The van der Waals surface area contributed by atoms with Crippen molar-refractivity contribution in [2.75, 3.05) is 13.2 Å². The van der Waals surface area contributed by atoms with Gasteiger partial charge in [0.15, 0.2) is 11.5 Å². The number of phenolic OH excluding ortho intramolecular Hbond substituents is 1. The van der Waals surface area contributed by atoms with Crippen LogP contribution in [0.2, 0.25) is 0 Å². The fourth-order valence-corrected chi connectivity index (χ4v) is 2.17. The molecule has 1 N–H and O–H groups in total. The van der Waals surface area contributed by atoms with Crippen LogP contribution in [-0.2, 0) is 9.53 Å². The van der Waals surface area contributed by atoms with Crippen molar-refractivity contribution in [1.82, 2.24) is 15.0 Å². The molecule has 0 saturated carbocycles. The molecule has 0 atom stereocenters. The summed E-state index contributed by atoms with van der Waals surface area (Å²) >= 11 is 0. The van der Waals surface area contributed by atoms with E-state index in [2.05, 4.69) is 16.8 Å². The second-order valence-electron chi connectivity index (χ2n) is 5.37. The van der Waals surface area contributed by atoms with E-state index in [1.165, 1.54) is 4.80 Å². The maximum absolute atomic E-state index is 11.3. The van der Waals surface area contributed by atoms with Crippen LogP contribution < -0.4 is 4.74 Å². The standard InChI is InChI=1S/C18H17N3O4/c1-12(2)18(23)25-11-10-24-16-9-5-8-15(17(16)22)21-19-13-6-3-4-7-14(13)20-21/h3-9,22H,1,10-11H2,2H3. The average Bonchev–Trinajstić information content (AvgIpc) is 3.03. The normalized spacial score (nSPS) is 10.6. The predicted molar refractivity (Wildman–Crippen MR) is 91.8 cm³/mol. The number of hydrogen-bond acceptors (Lipinski definition) is 6. The lowest BCUT2D eigenvalue weighted by Gasteiger charge is -2.11. The summed E-state index contributed by atoms with van der Waals surface area (Å²) in [7, 11) is 0. The minimum atomic E-state index is -0.478. The molecular formula is C18H17N3O4. The molecule has 0 aliphatic carbocycles. The van der Waals surface area contributed by atoms with Crippen LogP contribution in [0.1, 0.15) is 6.92 Å². The lowest BCUT2D eigenvalue weighted by molar-refractivity contribution is -0.139. The van der Waals surface area contributed by atoms with Crippen LogP contribution in [0.25, 0.3) is 16.7 Å². The van der Waals surface area contributed by atoms with Crippen LogP contribution in [0, 0.1) is 0 Å². The van der Waals surface area contributed by atoms with Gasteiger partial charge in [-0.1, -0.05) is 24.8 Å². The summed E-state index contributed by atoms with van der Waals surface area (Å²) < 4.78 is 10.4. The van der Waals surface area contributed by atoms with Crippen molar-refractivity contribution < 1.29 is 19.4 Å². The van der Waals surface area contributed by atoms with Gasteiger partial charge in [0.2, 0.25) is 0 Å². The van der Waals surface area contributed by atoms with E-state index in [4.69, 9.17) is 9.47 Å². The highest BCUT2D eigenvalue weighted by Crippen LogP contribution is 2.32. The zero-order chi connectivity index (χ0) is 17.8. The number of nitrogens with zero attached hydrogens (tertiary/aromatic N) is 3. The largest absolute Gasteiger partial charge is 0.503 e. The summed E-state index contributed by atoms with van der Waals surface area (Å²) in [6, 6.07) is 12.4. The number of hydrogen-bond donors (Lipinski definition) is 1.